The zero-order valence-electron chi connectivity index (χ0n) is 10.8. The average molecular weight is 308 g/mol. The van der Waals surface area contributed by atoms with Crippen molar-refractivity contribution in [3.05, 3.63) is 51.2 Å². The number of carbonyl (C=O) groups is 1. The van der Waals surface area contributed by atoms with E-state index in [1.807, 2.05) is 23.1 Å². The van der Waals surface area contributed by atoms with Crippen molar-refractivity contribution in [3.8, 4) is 4.90 Å². The van der Waals surface area contributed by atoms with Gasteiger partial charge in [-0.05, 0) is 12.1 Å². The largest absolute Gasteiger partial charge is 0.549 e. The molecule has 0 saturated heterocycles. The van der Waals surface area contributed by atoms with Crippen molar-refractivity contribution >= 4 is 28.0 Å². The molecule has 1 unspecified atom stereocenters. The SMILES string of the molecule is O=C([O-])CN1CCc2c(cc[s+]2-c2ccccc2Cl)C1. The summed E-state index contributed by atoms with van der Waals surface area (Å²) in [6.45, 7) is 1.46. The van der Waals surface area contributed by atoms with E-state index in [0.717, 1.165) is 22.9 Å². The van der Waals surface area contributed by atoms with Crippen LogP contribution in [-0.2, 0) is 17.8 Å². The van der Waals surface area contributed by atoms with E-state index in [1.165, 1.54) is 10.4 Å². The molecule has 0 spiro atoms. The Morgan fingerprint density at radius 1 is 1.35 bits per heavy atom. The van der Waals surface area contributed by atoms with Gasteiger partial charge in [0, 0.05) is 48.2 Å². The van der Waals surface area contributed by atoms with Gasteiger partial charge in [0.2, 0.25) is 0 Å². The maximum absolute atomic E-state index is 10.7. The molecule has 2 heterocycles. The zero-order chi connectivity index (χ0) is 14.1. The molecule has 104 valence electrons. The monoisotopic (exact) mass is 307 g/mol. The van der Waals surface area contributed by atoms with Gasteiger partial charge in [-0.1, -0.05) is 23.7 Å². The smallest absolute Gasteiger partial charge is 0.197 e. The van der Waals surface area contributed by atoms with Crippen LogP contribution in [0.15, 0.2) is 35.7 Å². The maximum atomic E-state index is 10.7. The average Bonchev–Trinajstić information content (AvgIpc) is 2.81. The Bertz CT molecular complexity index is 653. The molecular weight excluding hydrogens is 294 g/mol. The second-order valence-electron chi connectivity index (χ2n) is 4.85. The molecule has 3 rings (SSSR count). The minimum Gasteiger partial charge on any atom is -0.549 e. The van der Waals surface area contributed by atoms with Gasteiger partial charge < -0.3 is 9.90 Å². The molecule has 1 aromatic carbocycles. The van der Waals surface area contributed by atoms with E-state index >= 15 is 0 Å². The Kier molecular flexibility index (Phi) is 3.78. The lowest BCUT2D eigenvalue weighted by atomic mass is 10.1. The van der Waals surface area contributed by atoms with Crippen molar-refractivity contribution in [2.45, 2.75) is 13.0 Å². The van der Waals surface area contributed by atoms with Gasteiger partial charge in [0.15, 0.2) is 9.77 Å². The van der Waals surface area contributed by atoms with Crippen molar-refractivity contribution in [1.82, 2.24) is 4.90 Å². The molecule has 0 bridgehead atoms. The third kappa shape index (κ3) is 2.59. The number of aliphatic carboxylic acids is 1. The first-order valence-electron chi connectivity index (χ1n) is 6.45. The molecule has 0 saturated carbocycles. The van der Waals surface area contributed by atoms with Gasteiger partial charge in [0.25, 0.3) is 0 Å². The van der Waals surface area contributed by atoms with Crippen LogP contribution in [0.1, 0.15) is 10.4 Å². The summed E-state index contributed by atoms with van der Waals surface area (Å²) in [6, 6.07) is 10.0. The lowest BCUT2D eigenvalue weighted by molar-refractivity contribution is -0.306. The number of thiophene rings is 1. The lowest BCUT2D eigenvalue weighted by Gasteiger charge is -2.25. The van der Waals surface area contributed by atoms with E-state index in [9.17, 15) is 9.90 Å². The third-order valence-corrected chi connectivity index (χ3v) is 6.18. The number of carboxylic acids is 1. The summed E-state index contributed by atoms with van der Waals surface area (Å²) >= 11 is 6.29. The Hall–Kier alpha value is -1.36. The predicted octanol–water partition coefficient (Wildman–Crippen LogP) is 2.19. The number of hydrogen-bond donors (Lipinski definition) is 0. The molecular formula is C15H14ClNO2S. The molecule has 5 heteroatoms. The van der Waals surface area contributed by atoms with Crippen LogP contribution < -0.4 is 5.11 Å². The molecule has 1 aliphatic heterocycles. The van der Waals surface area contributed by atoms with Gasteiger partial charge in [-0.2, -0.15) is 0 Å². The highest BCUT2D eigenvalue weighted by atomic mass is 35.5. The Balaban J connectivity index is 1.90. The van der Waals surface area contributed by atoms with Crippen molar-refractivity contribution in [2.24, 2.45) is 0 Å². The van der Waals surface area contributed by atoms with E-state index in [0.29, 0.717) is 6.54 Å². The van der Waals surface area contributed by atoms with Gasteiger partial charge >= 0.3 is 0 Å². The van der Waals surface area contributed by atoms with Crippen LogP contribution in [0.4, 0.5) is 0 Å². The summed E-state index contributed by atoms with van der Waals surface area (Å²) in [6.07, 6.45) is 0.893. The van der Waals surface area contributed by atoms with E-state index in [-0.39, 0.29) is 17.0 Å². The number of nitrogens with zero attached hydrogens (tertiary/aromatic N) is 1. The maximum Gasteiger partial charge on any atom is 0.197 e. The summed E-state index contributed by atoms with van der Waals surface area (Å²) in [7, 11) is -0.0690. The fourth-order valence-corrected chi connectivity index (χ4v) is 5.10. The standard InChI is InChI=1S/C15H14ClNO2S/c16-12-3-1-2-4-14(12)20-8-6-11-9-17(10-15(18)19)7-5-13(11)20/h1-4,6,8H,5,7,9-10H2. The van der Waals surface area contributed by atoms with Crippen LogP contribution in [0.3, 0.4) is 0 Å². The molecule has 0 aliphatic carbocycles. The molecule has 3 nitrogen and oxygen atoms in total. The van der Waals surface area contributed by atoms with Crippen LogP contribution in [0.5, 0.6) is 0 Å². The highest BCUT2D eigenvalue weighted by Gasteiger charge is 2.28. The summed E-state index contributed by atoms with van der Waals surface area (Å²) in [5.41, 5.74) is 1.24. The van der Waals surface area contributed by atoms with Gasteiger partial charge in [-0.15, -0.1) is 0 Å². The first-order valence-corrected chi connectivity index (χ1v) is 8.12. The number of rotatable bonds is 3. The second kappa shape index (κ2) is 5.56. The van der Waals surface area contributed by atoms with Crippen LogP contribution >= 0.6 is 22.1 Å². The minimum atomic E-state index is -1.01. The Morgan fingerprint density at radius 2 is 2.15 bits per heavy atom. The predicted molar refractivity (Wildman–Crippen MR) is 79.3 cm³/mol. The van der Waals surface area contributed by atoms with E-state index in [4.69, 9.17) is 11.6 Å². The summed E-state index contributed by atoms with van der Waals surface area (Å²) < 4.78 is 0. The summed E-state index contributed by atoms with van der Waals surface area (Å²) in [5, 5.41) is 13.7. The molecule has 1 atom stereocenters. The molecule has 0 fully saturated rings. The van der Waals surface area contributed by atoms with Crippen molar-refractivity contribution in [3.63, 3.8) is 0 Å². The number of halogens is 1. The summed E-state index contributed by atoms with van der Waals surface area (Å²) in [5.74, 6) is -1.01. The topological polar surface area (TPSA) is 43.4 Å². The number of fused-ring (bicyclic) bond motifs is 1. The molecule has 2 aromatic rings. The third-order valence-electron chi connectivity index (χ3n) is 3.50. The second-order valence-corrected chi connectivity index (χ2v) is 7.14. The van der Waals surface area contributed by atoms with Gasteiger partial charge in [-0.3, -0.25) is 4.90 Å². The molecule has 1 aromatic heterocycles. The highest BCUT2D eigenvalue weighted by Crippen LogP contribution is 2.43. The van der Waals surface area contributed by atoms with Crippen LogP contribution in [0, 0.1) is 0 Å². The normalized spacial score (nSPS) is 15.9. The van der Waals surface area contributed by atoms with Crippen molar-refractivity contribution in [2.75, 3.05) is 13.1 Å². The number of hydrogen-bond acceptors (Lipinski definition) is 3. The minimum absolute atomic E-state index is 0.00446. The highest BCUT2D eigenvalue weighted by molar-refractivity contribution is 7.39. The first kappa shape index (κ1) is 13.6. The molecule has 1 aliphatic rings. The van der Waals surface area contributed by atoms with Crippen LogP contribution in [0.25, 0.3) is 4.90 Å². The van der Waals surface area contributed by atoms with Crippen molar-refractivity contribution in [1.29, 1.82) is 0 Å². The van der Waals surface area contributed by atoms with E-state index in [1.54, 1.807) is 0 Å². The first-order chi connectivity index (χ1) is 9.65. The molecule has 20 heavy (non-hydrogen) atoms. The number of carboxylic acid groups (broad SMARTS) is 1. The summed E-state index contributed by atoms with van der Waals surface area (Å²) in [4.78, 5) is 15.2. The fourth-order valence-electron chi connectivity index (χ4n) is 2.60. The fraction of sp³-hybridized carbons (Fsp3) is 0.267. The van der Waals surface area contributed by atoms with Crippen LogP contribution in [0.2, 0.25) is 5.02 Å². The van der Waals surface area contributed by atoms with Crippen molar-refractivity contribution < 1.29 is 9.90 Å². The molecule has 0 radical (unpaired) electrons. The molecule has 0 amide bonds. The Labute approximate surface area is 125 Å². The zero-order valence-corrected chi connectivity index (χ0v) is 12.4. The van der Waals surface area contributed by atoms with Gasteiger partial charge in [-0.25, -0.2) is 0 Å². The lowest BCUT2D eigenvalue weighted by Crippen LogP contribution is -2.40. The van der Waals surface area contributed by atoms with Gasteiger partial charge in [0.1, 0.15) is 10.4 Å². The number of benzene rings is 1. The molecule has 0 N–H and O–H groups in total. The Morgan fingerprint density at radius 3 is 2.90 bits per heavy atom. The van der Waals surface area contributed by atoms with E-state index in [2.05, 4.69) is 17.5 Å². The number of carbonyl (C=O) groups excluding carboxylic acids is 1. The quantitative estimate of drug-likeness (QED) is 0.816. The van der Waals surface area contributed by atoms with Crippen LogP contribution in [-0.4, -0.2) is 24.0 Å². The van der Waals surface area contributed by atoms with Gasteiger partial charge in [0.05, 0.1) is 5.97 Å². The van der Waals surface area contributed by atoms with E-state index < -0.39 is 5.97 Å².